The van der Waals surface area contributed by atoms with Gasteiger partial charge in [0, 0.05) is 13.1 Å². The molecule has 0 aliphatic heterocycles. The minimum absolute atomic E-state index is 0.0604. The molecule has 9 nitrogen and oxygen atoms in total. The van der Waals surface area contributed by atoms with E-state index in [1.165, 1.54) is 4.57 Å². The van der Waals surface area contributed by atoms with Crippen molar-refractivity contribution in [1.82, 2.24) is 14.9 Å². The van der Waals surface area contributed by atoms with E-state index < -0.39 is 16.8 Å². The Hall–Kier alpha value is -2.16. The highest BCUT2D eigenvalue weighted by Gasteiger charge is 2.17. The predicted molar refractivity (Wildman–Crippen MR) is 63.5 cm³/mol. The minimum atomic E-state index is -0.981. The topological polar surface area (TPSA) is 116 Å². The second-order valence-corrected chi connectivity index (χ2v) is 3.63. The summed E-state index contributed by atoms with van der Waals surface area (Å²) in [4.78, 5) is 35.4. The summed E-state index contributed by atoms with van der Waals surface area (Å²) in [5, 5.41) is 12.7. The Kier molecular flexibility index (Phi) is 5.24. The lowest BCUT2D eigenvalue weighted by Crippen LogP contribution is -2.34. The van der Waals surface area contributed by atoms with Crippen LogP contribution in [0.5, 0.6) is 0 Å². The Morgan fingerprint density at radius 2 is 2.32 bits per heavy atom. The standard InChI is InChI=1S/C9H11ClN4O5/c1-2-19-8(16)7(15)11-3-4-13-5-6(14(17)18)12-9(13)10/h5H,2-4H2,1H3,(H,11,15). The molecule has 0 saturated carbocycles. The molecule has 0 atom stereocenters. The maximum Gasteiger partial charge on any atom is 0.396 e. The zero-order chi connectivity index (χ0) is 14.4. The first-order chi connectivity index (χ1) is 8.95. The molecule has 0 bridgehead atoms. The van der Waals surface area contributed by atoms with Gasteiger partial charge in [0.2, 0.25) is 0 Å². The number of hydrogen-bond donors (Lipinski definition) is 1. The van der Waals surface area contributed by atoms with Crippen LogP contribution in [0.25, 0.3) is 0 Å². The highest BCUT2D eigenvalue weighted by atomic mass is 35.5. The lowest BCUT2D eigenvalue weighted by Gasteiger charge is -2.04. The number of nitrogens with one attached hydrogen (secondary N) is 1. The normalized spacial score (nSPS) is 10.0. The van der Waals surface area contributed by atoms with Gasteiger partial charge in [0.15, 0.2) is 0 Å². The molecular formula is C9H11ClN4O5. The average Bonchev–Trinajstić information content (AvgIpc) is 2.71. The van der Waals surface area contributed by atoms with Gasteiger partial charge in [-0.1, -0.05) is 0 Å². The van der Waals surface area contributed by atoms with Crippen LogP contribution in [-0.2, 0) is 20.9 Å². The average molecular weight is 291 g/mol. The minimum Gasteiger partial charge on any atom is -0.459 e. The van der Waals surface area contributed by atoms with Crippen molar-refractivity contribution >= 4 is 29.3 Å². The first kappa shape index (κ1) is 14.9. The first-order valence-electron chi connectivity index (χ1n) is 5.27. The van der Waals surface area contributed by atoms with E-state index in [-0.39, 0.29) is 30.8 Å². The van der Waals surface area contributed by atoms with Gasteiger partial charge < -0.3 is 20.2 Å². The van der Waals surface area contributed by atoms with E-state index in [0.717, 1.165) is 6.20 Å². The molecular weight excluding hydrogens is 280 g/mol. The number of rotatable bonds is 5. The van der Waals surface area contributed by atoms with Crippen LogP contribution >= 0.6 is 11.6 Å². The second kappa shape index (κ2) is 6.69. The van der Waals surface area contributed by atoms with Crippen molar-refractivity contribution in [2.75, 3.05) is 13.2 Å². The highest BCUT2D eigenvalue weighted by Crippen LogP contribution is 2.14. The summed E-state index contributed by atoms with van der Waals surface area (Å²) < 4.78 is 5.76. The van der Waals surface area contributed by atoms with E-state index in [4.69, 9.17) is 11.6 Å². The first-order valence-corrected chi connectivity index (χ1v) is 5.65. The van der Waals surface area contributed by atoms with Crippen LogP contribution in [0.1, 0.15) is 6.92 Å². The lowest BCUT2D eigenvalue weighted by atomic mass is 10.5. The maximum atomic E-state index is 11.2. The summed E-state index contributed by atoms with van der Waals surface area (Å²) in [6.07, 6.45) is 1.14. The van der Waals surface area contributed by atoms with Crippen molar-refractivity contribution in [2.45, 2.75) is 13.5 Å². The molecule has 0 unspecified atom stereocenters. The molecule has 1 heterocycles. The number of esters is 1. The monoisotopic (exact) mass is 290 g/mol. The number of aromatic nitrogens is 2. The molecule has 1 aromatic rings. The Labute approximate surface area is 112 Å². The number of nitro groups is 1. The molecule has 0 aromatic carbocycles. The molecule has 1 rings (SSSR count). The maximum absolute atomic E-state index is 11.2. The van der Waals surface area contributed by atoms with Gasteiger partial charge >= 0.3 is 23.0 Å². The summed E-state index contributed by atoms with van der Waals surface area (Å²) in [7, 11) is 0. The van der Waals surface area contributed by atoms with E-state index in [0.29, 0.717) is 0 Å². The molecule has 1 aromatic heterocycles. The smallest absolute Gasteiger partial charge is 0.396 e. The number of ether oxygens (including phenoxy) is 1. The largest absolute Gasteiger partial charge is 0.459 e. The quantitative estimate of drug-likeness (QED) is 0.356. The highest BCUT2D eigenvalue weighted by molar-refractivity contribution is 6.32. The third-order valence-electron chi connectivity index (χ3n) is 2.00. The number of amides is 1. The van der Waals surface area contributed by atoms with Crippen LogP contribution in [0.3, 0.4) is 0 Å². The van der Waals surface area contributed by atoms with Crippen LogP contribution in [0.4, 0.5) is 5.82 Å². The Balaban J connectivity index is 2.47. The third kappa shape index (κ3) is 4.21. The van der Waals surface area contributed by atoms with Crippen molar-refractivity contribution in [3.8, 4) is 0 Å². The molecule has 10 heteroatoms. The third-order valence-corrected chi connectivity index (χ3v) is 2.30. The van der Waals surface area contributed by atoms with Gasteiger partial charge in [-0.05, 0) is 28.4 Å². The van der Waals surface area contributed by atoms with Crippen LogP contribution < -0.4 is 5.32 Å². The zero-order valence-corrected chi connectivity index (χ0v) is 10.7. The van der Waals surface area contributed by atoms with Crippen molar-refractivity contribution in [1.29, 1.82) is 0 Å². The fourth-order valence-electron chi connectivity index (χ4n) is 1.18. The number of carbonyl (C=O) groups is 2. The Morgan fingerprint density at radius 3 is 2.84 bits per heavy atom. The zero-order valence-electron chi connectivity index (χ0n) is 9.96. The predicted octanol–water partition coefficient (Wildman–Crippen LogP) is 0.124. The summed E-state index contributed by atoms with van der Waals surface area (Å²) in [5.74, 6) is -2.25. The van der Waals surface area contributed by atoms with E-state index in [2.05, 4.69) is 15.0 Å². The van der Waals surface area contributed by atoms with Gasteiger partial charge in [-0.3, -0.25) is 9.36 Å². The van der Waals surface area contributed by atoms with Crippen molar-refractivity contribution in [2.24, 2.45) is 0 Å². The van der Waals surface area contributed by atoms with Crippen molar-refractivity contribution < 1.29 is 19.2 Å². The molecule has 0 aliphatic carbocycles. The fraction of sp³-hybridized carbons (Fsp3) is 0.444. The van der Waals surface area contributed by atoms with Gasteiger partial charge in [-0.25, -0.2) is 4.79 Å². The summed E-state index contributed by atoms with van der Waals surface area (Å²) >= 11 is 5.66. The van der Waals surface area contributed by atoms with Crippen LogP contribution in [-0.4, -0.2) is 39.5 Å². The number of halogens is 1. The summed E-state index contributed by atoms with van der Waals surface area (Å²) in [6, 6.07) is 0. The summed E-state index contributed by atoms with van der Waals surface area (Å²) in [5.41, 5.74) is 0. The number of hydrogen-bond acceptors (Lipinski definition) is 6. The van der Waals surface area contributed by atoms with Crippen LogP contribution in [0.2, 0.25) is 5.28 Å². The van der Waals surface area contributed by atoms with E-state index >= 15 is 0 Å². The van der Waals surface area contributed by atoms with E-state index in [1.807, 2.05) is 0 Å². The number of carbonyl (C=O) groups excluding carboxylic acids is 2. The molecule has 1 N–H and O–H groups in total. The number of imidazole rings is 1. The molecule has 0 radical (unpaired) electrons. The molecule has 19 heavy (non-hydrogen) atoms. The molecule has 0 saturated heterocycles. The Bertz CT molecular complexity index is 501. The van der Waals surface area contributed by atoms with Gasteiger partial charge in [0.1, 0.15) is 6.20 Å². The van der Waals surface area contributed by atoms with Crippen molar-refractivity contribution in [3.63, 3.8) is 0 Å². The van der Waals surface area contributed by atoms with Crippen LogP contribution in [0.15, 0.2) is 6.20 Å². The molecule has 0 fully saturated rings. The van der Waals surface area contributed by atoms with Gasteiger partial charge in [-0.2, -0.15) is 0 Å². The van der Waals surface area contributed by atoms with Crippen molar-refractivity contribution in [3.05, 3.63) is 21.6 Å². The van der Waals surface area contributed by atoms with E-state index in [9.17, 15) is 19.7 Å². The molecule has 0 spiro atoms. The lowest BCUT2D eigenvalue weighted by molar-refractivity contribution is -0.389. The number of nitrogens with zero attached hydrogens (tertiary/aromatic N) is 3. The van der Waals surface area contributed by atoms with Gasteiger partial charge in [0.25, 0.3) is 0 Å². The van der Waals surface area contributed by atoms with Crippen LogP contribution in [0, 0.1) is 10.1 Å². The fourth-order valence-corrected chi connectivity index (χ4v) is 1.40. The molecule has 1 amide bonds. The Morgan fingerprint density at radius 1 is 1.63 bits per heavy atom. The SMILES string of the molecule is CCOC(=O)C(=O)NCCn1cc([N+](=O)[O-])nc1Cl. The molecule has 0 aliphatic rings. The summed E-state index contributed by atoms with van der Waals surface area (Å²) in [6.45, 7) is 1.89. The van der Waals surface area contributed by atoms with Gasteiger partial charge in [-0.15, -0.1) is 0 Å². The second-order valence-electron chi connectivity index (χ2n) is 3.30. The van der Waals surface area contributed by atoms with E-state index in [1.54, 1.807) is 6.92 Å². The molecule has 104 valence electrons. The van der Waals surface area contributed by atoms with Gasteiger partial charge in [0.05, 0.1) is 6.61 Å².